The number of nitrogens with zero attached hydrogens (tertiary/aromatic N) is 2. The average Bonchev–Trinajstić information content (AvgIpc) is 2.60. The van der Waals surface area contributed by atoms with Crippen LogP contribution in [0.1, 0.15) is 19.0 Å². The molecule has 2 N–H and O–H groups in total. The Morgan fingerprint density at radius 2 is 2.21 bits per heavy atom. The van der Waals surface area contributed by atoms with E-state index in [1.807, 2.05) is 6.92 Å². The maximum atomic E-state index is 13.7. The maximum absolute atomic E-state index is 13.7. The molecule has 2 rings (SSSR count). The van der Waals surface area contributed by atoms with Crippen LogP contribution in [0.3, 0.4) is 0 Å². The van der Waals surface area contributed by atoms with Crippen molar-refractivity contribution in [3.8, 4) is 11.6 Å². The van der Waals surface area contributed by atoms with Gasteiger partial charge in [0.25, 0.3) is 0 Å². The van der Waals surface area contributed by atoms with Gasteiger partial charge in [-0.3, -0.25) is 0 Å². The van der Waals surface area contributed by atoms with E-state index in [0.29, 0.717) is 16.0 Å². The number of halogens is 2. The first-order valence-corrected chi connectivity index (χ1v) is 6.76. The largest absolute Gasteiger partial charge is 0.434 e. The van der Waals surface area contributed by atoms with Crippen LogP contribution in [-0.4, -0.2) is 9.78 Å². The van der Waals surface area contributed by atoms with Gasteiger partial charge in [0.1, 0.15) is 5.69 Å². The molecule has 6 heteroatoms. The van der Waals surface area contributed by atoms with E-state index >= 15 is 0 Å². The van der Waals surface area contributed by atoms with Crippen molar-refractivity contribution in [1.29, 1.82) is 0 Å². The lowest BCUT2D eigenvalue weighted by Gasteiger charge is -2.07. The molecule has 0 aliphatic heterocycles. The predicted molar refractivity (Wildman–Crippen MR) is 75.8 cm³/mol. The van der Waals surface area contributed by atoms with Crippen LogP contribution in [0.5, 0.6) is 11.6 Å². The molecule has 1 aromatic carbocycles. The third-order valence-electron chi connectivity index (χ3n) is 2.69. The van der Waals surface area contributed by atoms with Gasteiger partial charge in [0.15, 0.2) is 11.6 Å². The number of rotatable bonds is 4. The second-order valence-corrected chi connectivity index (χ2v) is 5.13. The summed E-state index contributed by atoms with van der Waals surface area (Å²) in [5.74, 6) is 0.0395. The Bertz CT molecular complexity index is 598. The standard InChI is InChI=1S/C13H15BrFN3O/c1-3-4-10-12(16)13(18(2)17-10)19-11-6-5-8(14)7-9(11)15/h5-7H,3-4,16H2,1-2H3. The van der Waals surface area contributed by atoms with E-state index in [-0.39, 0.29) is 5.75 Å². The molecule has 0 amide bonds. The Kier molecular flexibility index (Phi) is 4.09. The van der Waals surface area contributed by atoms with E-state index < -0.39 is 5.82 Å². The molecule has 0 spiro atoms. The molecule has 1 heterocycles. The quantitative estimate of drug-likeness (QED) is 0.932. The number of benzene rings is 1. The Hall–Kier alpha value is -1.56. The van der Waals surface area contributed by atoms with E-state index in [1.165, 1.54) is 10.7 Å². The molecule has 1 aromatic heterocycles. The minimum Gasteiger partial charge on any atom is -0.434 e. The highest BCUT2D eigenvalue weighted by Crippen LogP contribution is 2.32. The highest BCUT2D eigenvalue weighted by molar-refractivity contribution is 9.10. The van der Waals surface area contributed by atoms with Crippen LogP contribution in [0.15, 0.2) is 22.7 Å². The molecule has 102 valence electrons. The lowest BCUT2D eigenvalue weighted by molar-refractivity contribution is 0.405. The molecule has 0 saturated heterocycles. The van der Waals surface area contributed by atoms with Crippen LogP contribution in [0.4, 0.5) is 10.1 Å². The third-order valence-corrected chi connectivity index (χ3v) is 3.19. The molecule has 0 saturated carbocycles. The molecule has 19 heavy (non-hydrogen) atoms. The molecular weight excluding hydrogens is 313 g/mol. The van der Waals surface area contributed by atoms with Crippen molar-refractivity contribution < 1.29 is 9.13 Å². The van der Waals surface area contributed by atoms with Crippen molar-refractivity contribution in [2.24, 2.45) is 7.05 Å². The maximum Gasteiger partial charge on any atom is 0.241 e. The minimum absolute atomic E-state index is 0.126. The summed E-state index contributed by atoms with van der Waals surface area (Å²) in [5, 5.41) is 4.28. The van der Waals surface area contributed by atoms with Gasteiger partial charge in [-0.1, -0.05) is 29.3 Å². The normalized spacial score (nSPS) is 10.7. The highest BCUT2D eigenvalue weighted by Gasteiger charge is 2.16. The molecule has 0 fully saturated rings. The zero-order valence-electron chi connectivity index (χ0n) is 10.8. The van der Waals surface area contributed by atoms with Crippen LogP contribution < -0.4 is 10.5 Å². The van der Waals surface area contributed by atoms with Gasteiger partial charge < -0.3 is 10.5 Å². The summed E-state index contributed by atoms with van der Waals surface area (Å²) in [5.41, 5.74) is 7.22. The number of hydrogen-bond donors (Lipinski definition) is 1. The number of anilines is 1. The lowest BCUT2D eigenvalue weighted by atomic mass is 10.2. The summed E-state index contributed by atoms with van der Waals surface area (Å²) in [6.45, 7) is 2.04. The van der Waals surface area contributed by atoms with Crippen LogP contribution in [0.2, 0.25) is 0 Å². The molecule has 0 bridgehead atoms. The first-order valence-electron chi connectivity index (χ1n) is 5.97. The fraction of sp³-hybridized carbons (Fsp3) is 0.308. The SMILES string of the molecule is CCCc1nn(C)c(Oc2ccc(Br)cc2F)c1N. The number of nitrogen functional groups attached to an aromatic ring is 1. The third kappa shape index (κ3) is 2.89. The molecule has 0 aliphatic carbocycles. The van der Waals surface area contributed by atoms with Crippen molar-refractivity contribution in [3.05, 3.63) is 34.2 Å². The lowest BCUT2D eigenvalue weighted by Crippen LogP contribution is -1.98. The zero-order valence-corrected chi connectivity index (χ0v) is 12.4. The van der Waals surface area contributed by atoms with Crippen molar-refractivity contribution >= 4 is 21.6 Å². The van der Waals surface area contributed by atoms with E-state index in [9.17, 15) is 4.39 Å². The van der Waals surface area contributed by atoms with Gasteiger partial charge in [0, 0.05) is 11.5 Å². The fourth-order valence-corrected chi connectivity index (χ4v) is 2.12. The van der Waals surface area contributed by atoms with Gasteiger partial charge >= 0.3 is 0 Å². The summed E-state index contributed by atoms with van der Waals surface area (Å²) >= 11 is 3.20. The van der Waals surface area contributed by atoms with Gasteiger partial charge in [-0.2, -0.15) is 5.10 Å². The second kappa shape index (κ2) is 5.61. The summed E-state index contributed by atoms with van der Waals surface area (Å²) in [7, 11) is 1.72. The van der Waals surface area contributed by atoms with Crippen LogP contribution in [0, 0.1) is 5.82 Å². The number of ether oxygens (including phenoxy) is 1. The topological polar surface area (TPSA) is 53.1 Å². The van der Waals surface area contributed by atoms with Gasteiger partial charge in [-0.15, -0.1) is 0 Å². The number of nitrogens with two attached hydrogens (primary N) is 1. The van der Waals surface area contributed by atoms with E-state index in [4.69, 9.17) is 10.5 Å². The average molecular weight is 328 g/mol. The minimum atomic E-state index is -0.452. The first kappa shape index (κ1) is 13.9. The van der Waals surface area contributed by atoms with Crippen molar-refractivity contribution in [2.75, 3.05) is 5.73 Å². The molecule has 0 radical (unpaired) electrons. The van der Waals surface area contributed by atoms with E-state index in [2.05, 4.69) is 21.0 Å². The first-order chi connectivity index (χ1) is 9.02. The number of aromatic nitrogens is 2. The van der Waals surface area contributed by atoms with E-state index in [1.54, 1.807) is 19.2 Å². The zero-order chi connectivity index (χ0) is 14.0. The van der Waals surface area contributed by atoms with Crippen molar-refractivity contribution in [3.63, 3.8) is 0 Å². The molecule has 0 atom stereocenters. The molecule has 2 aromatic rings. The summed E-state index contributed by atoms with van der Waals surface area (Å²) in [6, 6.07) is 4.60. The van der Waals surface area contributed by atoms with Crippen LogP contribution >= 0.6 is 15.9 Å². The Morgan fingerprint density at radius 3 is 2.84 bits per heavy atom. The molecule has 4 nitrogen and oxygen atoms in total. The monoisotopic (exact) mass is 327 g/mol. The summed E-state index contributed by atoms with van der Waals surface area (Å²) < 4.78 is 21.4. The Labute approximate surface area is 119 Å². The van der Waals surface area contributed by atoms with Gasteiger partial charge in [-0.25, -0.2) is 9.07 Å². The van der Waals surface area contributed by atoms with E-state index in [0.717, 1.165) is 18.5 Å². The van der Waals surface area contributed by atoms with Crippen molar-refractivity contribution in [2.45, 2.75) is 19.8 Å². The molecule has 0 unspecified atom stereocenters. The second-order valence-electron chi connectivity index (χ2n) is 4.22. The van der Waals surface area contributed by atoms with Gasteiger partial charge in [0.2, 0.25) is 5.88 Å². The molecule has 0 aliphatic rings. The summed E-state index contributed by atoms with van der Waals surface area (Å²) in [4.78, 5) is 0. The smallest absolute Gasteiger partial charge is 0.241 e. The predicted octanol–water partition coefficient (Wildman–Crippen LogP) is 3.65. The van der Waals surface area contributed by atoms with Crippen LogP contribution in [-0.2, 0) is 13.5 Å². The van der Waals surface area contributed by atoms with Gasteiger partial charge in [-0.05, 0) is 24.6 Å². The molecular formula is C13H15BrFN3O. The fourth-order valence-electron chi connectivity index (χ4n) is 1.78. The number of hydrogen-bond acceptors (Lipinski definition) is 3. The summed E-state index contributed by atoms with van der Waals surface area (Å²) in [6.07, 6.45) is 1.71. The van der Waals surface area contributed by atoms with Gasteiger partial charge in [0.05, 0.1) is 5.69 Å². The van der Waals surface area contributed by atoms with Crippen molar-refractivity contribution in [1.82, 2.24) is 9.78 Å². The Morgan fingerprint density at radius 1 is 1.47 bits per heavy atom. The highest BCUT2D eigenvalue weighted by atomic mass is 79.9. The Balaban J connectivity index is 2.33. The van der Waals surface area contributed by atoms with Crippen LogP contribution in [0.25, 0.3) is 0 Å². The number of aryl methyl sites for hydroxylation is 2.